The van der Waals surface area contributed by atoms with Crippen LogP contribution in [-0.4, -0.2) is 73.2 Å². The highest BCUT2D eigenvalue weighted by Gasteiger charge is 2.25. The second-order valence-electron chi connectivity index (χ2n) is 7.50. The summed E-state index contributed by atoms with van der Waals surface area (Å²) in [4.78, 5) is 21.0. The fourth-order valence-electron chi connectivity index (χ4n) is 3.08. The lowest BCUT2D eigenvalue weighted by molar-refractivity contribution is -0.136. The molecule has 28 heavy (non-hydrogen) atoms. The Bertz CT molecular complexity index is 750. The maximum atomic E-state index is 12.8. The molecule has 0 aromatic carbocycles. The van der Waals surface area contributed by atoms with E-state index in [0.717, 1.165) is 25.1 Å². The molecule has 0 radical (unpaired) electrons. The van der Waals surface area contributed by atoms with Crippen molar-refractivity contribution in [3.05, 3.63) is 35.9 Å². The van der Waals surface area contributed by atoms with Crippen LogP contribution in [0.5, 0.6) is 0 Å². The monoisotopic (exact) mass is 387 g/mol. The summed E-state index contributed by atoms with van der Waals surface area (Å²) < 4.78 is 7.57. The molecule has 1 saturated heterocycles. The molecule has 0 spiro atoms. The minimum atomic E-state index is 0.0203. The number of aromatic nitrogens is 5. The van der Waals surface area contributed by atoms with E-state index in [2.05, 4.69) is 39.3 Å². The lowest BCUT2D eigenvalue weighted by Gasteiger charge is -2.32. The van der Waals surface area contributed by atoms with E-state index in [-0.39, 0.29) is 18.6 Å². The fourth-order valence-corrected chi connectivity index (χ4v) is 3.08. The van der Waals surface area contributed by atoms with Crippen LogP contribution in [0.15, 0.2) is 24.4 Å². The van der Waals surface area contributed by atoms with Crippen LogP contribution in [-0.2, 0) is 29.2 Å². The Kier molecular flexibility index (Phi) is 7.05. The average molecular weight is 387 g/mol. The van der Waals surface area contributed by atoms with Gasteiger partial charge in [-0.3, -0.25) is 14.7 Å². The zero-order valence-corrected chi connectivity index (χ0v) is 16.9. The highest BCUT2D eigenvalue weighted by Crippen LogP contribution is 2.15. The van der Waals surface area contributed by atoms with E-state index in [9.17, 15) is 4.79 Å². The summed E-state index contributed by atoms with van der Waals surface area (Å²) >= 11 is 0. The molecule has 1 fully saturated rings. The van der Waals surface area contributed by atoms with Crippen molar-refractivity contribution in [3.8, 4) is 0 Å². The summed E-state index contributed by atoms with van der Waals surface area (Å²) in [7, 11) is 2.01. The normalized spacial score (nSPS) is 17.5. The third-order valence-electron chi connectivity index (χ3n) is 5.09. The molecule has 1 amide bonds. The number of piperidine rings is 1. The van der Waals surface area contributed by atoms with Gasteiger partial charge >= 0.3 is 0 Å². The van der Waals surface area contributed by atoms with E-state index >= 15 is 0 Å². The number of rotatable bonds is 8. The van der Waals surface area contributed by atoms with Gasteiger partial charge in [0.1, 0.15) is 6.54 Å². The lowest BCUT2D eigenvalue weighted by Crippen LogP contribution is -2.44. The van der Waals surface area contributed by atoms with E-state index in [0.29, 0.717) is 31.6 Å². The van der Waals surface area contributed by atoms with E-state index in [1.807, 2.05) is 30.1 Å². The molecule has 0 saturated carbocycles. The van der Waals surface area contributed by atoms with E-state index in [4.69, 9.17) is 4.74 Å². The number of ether oxygens (including phenoxy) is 1. The minimum Gasteiger partial charge on any atom is -0.370 e. The Morgan fingerprint density at radius 2 is 2.25 bits per heavy atom. The zero-order valence-electron chi connectivity index (χ0n) is 16.9. The molecule has 3 rings (SSSR count). The lowest BCUT2D eigenvalue weighted by atomic mass is 10.1. The predicted octanol–water partition coefficient (Wildman–Crippen LogP) is 1.12. The van der Waals surface area contributed by atoms with Gasteiger partial charge in [0.15, 0.2) is 5.82 Å². The molecule has 0 N–H and O–H groups in total. The van der Waals surface area contributed by atoms with Crippen molar-refractivity contribution in [1.82, 2.24) is 35.0 Å². The Labute approximate surface area is 165 Å². The van der Waals surface area contributed by atoms with Gasteiger partial charge < -0.3 is 9.64 Å². The van der Waals surface area contributed by atoms with Gasteiger partial charge in [-0.1, -0.05) is 6.07 Å². The number of carbonyl (C=O) groups excluding carboxylic acids is 1. The third-order valence-corrected chi connectivity index (χ3v) is 5.09. The number of likely N-dealkylation sites (tertiary alicyclic amines) is 1. The predicted molar refractivity (Wildman–Crippen MR) is 103 cm³/mol. The Hall–Kier alpha value is -2.39. The van der Waals surface area contributed by atoms with Crippen LogP contribution in [0.4, 0.5) is 0 Å². The van der Waals surface area contributed by atoms with Gasteiger partial charge in [0.05, 0.1) is 24.9 Å². The molecule has 1 atom stereocenters. The number of nitrogens with zero attached hydrogens (tertiary/aromatic N) is 7. The molecular formula is C19H29N7O2. The average Bonchev–Trinajstić information content (AvgIpc) is 3.13. The standard InChI is InChI=1S/C19H29N7O2/c1-15(2)24(3)12-18-21-22-23-26(18)13-19(27)25-10-6-8-17(11-25)28-14-16-7-4-5-9-20-16/h4-5,7,9,15,17H,6,8,10-14H2,1-3H3/t17-/m0/s1. The molecule has 9 heteroatoms. The first kappa shape index (κ1) is 20.3. The number of hydrogen-bond acceptors (Lipinski definition) is 7. The van der Waals surface area contributed by atoms with Crippen molar-refractivity contribution in [2.45, 2.75) is 58.5 Å². The molecule has 0 unspecified atom stereocenters. The molecule has 0 bridgehead atoms. The summed E-state index contributed by atoms with van der Waals surface area (Å²) in [6.45, 7) is 6.78. The summed E-state index contributed by atoms with van der Waals surface area (Å²) in [5.74, 6) is 0.719. The quantitative estimate of drug-likeness (QED) is 0.670. The Morgan fingerprint density at radius 1 is 1.39 bits per heavy atom. The SMILES string of the molecule is CC(C)N(C)Cc1nnnn1CC(=O)N1CCC[C@H](OCc2ccccn2)C1. The van der Waals surface area contributed by atoms with Crippen molar-refractivity contribution < 1.29 is 9.53 Å². The topological polar surface area (TPSA) is 89.3 Å². The van der Waals surface area contributed by atoms with Crippen molar-refractivity contribution in [2.24, 2.45) is 0 Å². The molecule has 2 aromatic heterocycles. The molecule has 3 heterocycles. The van der Waals surface area contributed by atoms with Gasteiger partial charge in [0, 0.05) is 25.3 Å². The third kappa shape index (κ3) is 5.56. The van der Waals surface area contributed by atoms with Gasteiger partial charge in [-0.2, -0.15) is 0 Å². The highest BCUT2D eigenvalue weighted by molar-refractivity contribution is 5.76. The van der Waals surface area contributed by atoms with Crippen LogP contribution in [0.2, 0.25) is 0 Å². The van der Waals surface area contributed by atoms with Gasteiger partial charge in [0.25, 0.3) is 0 Å². The van der Waals surface area contributed by atoms with Gasteiger partial charge in [-0.25, -0.2) is 4.68 Å². The van der Waals surface area contributed by atoms with Crippen molar-refractivity contribution in [2.75, 3.05) is 20.1 Å². The van der Waals surface area contributed by atoms with Gasteiger partial charge in [-0.05, 0) is 56.3 Å². The number of tetrazole rings is 1. The first-order valence-electron chi connectivity index (χ1n) is 9.77. The molecule has 2 aromatic rings. The highest BCUT2D eigenvalue weighted by atomic mass is 16.5. The fraction of sp³-hybridized carbons (Fsp3) is 0.632. The number of pyridine rings is 1. The Morgan fingerprint density at radius 3 is 3.00 bits per heavy atom. The summed E-state index contributed by atoms with van der Waals surface area (Å²) in [5, 5.41) is 11.8. The number of carbonyl (C=O) groups is 1. The van der Waals surface area contributed by atoms with Crippen LogP contribution in [0.25, 0.3) is 0 Å². The van der Waals surface area contributed by atoms with Gasteiger partial charge in [0.2, 0.25) is 5.91 Å². The summed E-state index contributed by atoms with van der Waals surface area (Å²) in [5.41, 5.74) is 0.901. The van der Waals surface area contributed by atoms with E-state index in [1.54, 1.807) is 10.9 Å². The number of hydrogen-bond donors (Lipinski definition) is 0. The second kappa shape index (κ2) is 9.70. The van der Waals surface area contributed by atoms with Gasteiger partial charge in [-0.15, -0.1) is 5.10 Å². The molecule has 0 aliphatic carbocycles. The second-order valence-corrected chi connectivity index (χ2v) is 7.50. The van der Waals surface area contributed by atoms with E-state index in [1.165, 1.54) is 0 Å². The molecular weight excluding hydrogens is 358 g/mol. The zero-order chi connectivity index (χ0) is 19.9. The molecule has 152 valence electrons. The van der Waals surface area contributed by atoms with Crippen LogP contribution in [0.1, 0.15) is 38.2 Å². The summed E-state index contributed by atoms with van der Waals surface area (Å²) in [6, 6.07) is 6.15. The largest absolute Gasteiger partial charge is 0.370 e. The van der Waals surface area contributed by atoms with E-state index < -0.39 is 0 Å². The molecule has 1 aliphatic heterocycles. The number of amides is 1. The van der Waals surface area contributed by atoms with Crippen LogP contribution in [0.3, 0.4) is 0 Å². The molecule has 9 nitrogen and oxygen atoms in total. The Balaban J connectivity index is 1.52. The first-order valence-corrected chi connectivity index (χ1v) is 9.77. The van der Waals surface area contributed by atoms with Crippen LogP contribution in [0, 0.1) is 0 Å². The van der Waals surface area contributed by atoms with Crippen molar-refractivity contribution in [1.29, 1.82) is 0 Å². The van der Waals surface area contributed by atoms with Crippen molar-refractivity contribution in [3.63, 3.8) is 0 Å². The van der Waals surface area contributed by atoms with Crippen LogP contribution < -0.4 is 0 Å². The first-order chi connectivity index (χ1) is 13.5. The maximum absolute atomic E-state index is 12.8. The van der Waals surface area contributed by atoms with Crippen molar-refractivity contribution >= 4 is 5.91 Å². The maximum Gasteiger partial charge on any atom is 0.244 e. The smallest absolute Gasteiger partial charge is 0.244 e. The van der Waals surface area contributed by atoms with Crippen LogP contribution >= 0.6 is 0 Å². The minimum absolute atomic E-state index is 0.0203. The molecule has 1 aliphatic rings. The summed E-state index contributed by atoms with van der Waals surface area (Å²) in [6.07, 6.45) is 3.67.